The van der Waals surface area contributed by atoms with E-state index in [1.807, 2.05) is 0 Å². The molecule has 19 heavy (non-hydrogen) atoms. The van der Waals surface area contributed by atoms with Crippen molar-refractivity contribution >= 4 is 23.0 Å². The van der Waals surface area contributed by atoms with Crippen molar-refractivity contribution in [2.45, 2.75) is 19.5 Å². The van der Waals surface area contributed by atoms with Gasteiger partial charge < -0.3 is 0 Å². The fraction of sp³-hybridized carbons (Fsp3) is 0.308. The summed E-state index contributed by atoms with van der Waals surface area (Å²) in [5, 5.41) is -0.00506. The van der Waals surface area contributed by atoms with Crippen molar-refractivity contribution < 1.29 is 22.4 Å². The maximum Gasteiger partial charge on any atom is 0.419 e. The van der Waals surface area contributed by atoms with E-state index in [1.54, 1.807) is 6.08 Å². The Morgan fingerprint density at radius 3 is 2.63 bits per heavy atom. The number of allylic oxidation sites excluding steroid dienone is 1. The Hall–Kier alpha value is -1.30. The van der Waals surface area contributed by atoms with Crippen molar-refractivity contribution in [3.05, 3.63) is 41.2 Å². The first-order valence-electron chi connectivity index (χ1n) is 5.47. The fourth-order valence-electron chi connectivity index (χ4n) is 1.35. The number of hydrogen-bond acceptors (Lipinski definition) is 2. The molecule has 0 aliphatic heterocycles. The molecule has 1 aromatic carbocycles. The van der Waals surface area contributed by atoms with Gasteiger partial charge in [0.15, 0.2) is 5.12 Å². The van der Waals surface area contributed by atoms with Crippen molar-refractivity contribution in [1.29, 1.82) is 0 Å². The summed E-state index contributed by atoms with van der Waals surface area (Å²) in [6.45, 7) is 1.45. The summed E-state index contributed by atoms with van der Waals surface area (Å²) >= 11 is 1.15. The SMILES string of the molecule is CC(=O)SCCC=Cc1ccc(F)c(C(F)(F)F)c1. The van der Waals surface area contributed by atoms with E-state index in [2.05, 4.69) is 0 Å². The van der Waals surface area contributed by atoms with Gasteiger partial charge in [-0.05, 0) is 24.1 Å². The number of benzene rings is 1. The molecule has 0 aliphatic rings. The maximum atomic E-state index is 13.0. The molecule has 1 rings (SSSR count). The van der Waals surface area contributed by atoms with Crippen LogP contribution in [0.2, 0.25) is 0 Å². The third-order valence-electron chi connectivity index (χ3n) is 2.20. The van der Waals surface area contributed by atoms with Gasteiger partial charge in [0.05, 0.1) is 5.56 Å². The summed E-state index contributed by atoms with van der Waals surface area (Å²) in [5.74, 6) is -0.712. The van der Waals surface area contributed by atoms with Crippen molar-refractivity contribution in [3.63, 3.8) is 0 Å². The van der Waals surface area contributed by atoms with Gasteiger partial charge in [-0.1, -0.05) is 30.0 Å². The summed E-state index contributed by atoms with van der Waals surface area (Å²) in [6.07, 6.45) is -1.000. The van der Waals surface area contributed by atoms with Crippen LogP contribution in [0.1, 0.15) is 24.5 Å². The summed E-state index contributed by atoms with van der Waals surface area (Å²) < 4.78 is 50.4. The zero-order chi connectivity index (χ0) is 14.5. The number of hydrogen-bond donors (Lipinski definition) is 0. The average molecular weight is 292 g/mol. The molecule has 0 fully saturated rings. The van der Waals surface area contributed by atoms with Crippen LogP contribution in [-0.4, -0.2) is 10.9 Å². The first-order valence-corrected chi connectivity index (χ1v) is 6.46. The smallest absolute Gasteiger partial charge is 0.288 e. The van der Waals surface area contributed by atoms with Crippen molar-refractivity contribution in [3.8, 4) is 0 Å². The fourth-order valence-corrected chi connectivity index (χ4v) is 1.90. The van der Waals surface area contributed by atoms with E-state index < -0.39 is 17.6 Å². The van der Waals surface area contributed by atoms with Crippen LogP contribution in [0, 0.1) is 5.82 Å². The zero-order valence-corrected chi connectivity index (χ0v) is 10.9. The average Bonchev–Trinajstić information content (AvgIpc) is 2.28. The van der Waals surface area contributed by atoms with Crippen LogP contribution in [0.25, 0.3) is 6.08 Å². The summed E-state index contributed by atoms with van der Waals surface area (Å²) in [6, 6.07) is 2.84. The lowest BCUT2D eigenvalue weighted by Crippen LogP contribution is -2.08. The highest BCUT2D eigenvalue weighted by Crippen LogP contribution is 2.32. The normalized spacial score (nSPS) is 12.1. The Kier molecular flexibility index (Phi) is 5.60. The van der Waals surface area contributed by atoms with Crippen LogP contribution in [0.15, 0.2) is 24.3 Å². The molecule has 0 aliphatic carbocycles. The molecule has 0 aromatic heterocycles. The molecule has 0 heterocycles. The Morgan fingerprint density at radius 2 is 2.05 bits per heavy atom. The van der Waals surface area contributed by atoms with Gasteiger partial charge in [0.25, 0.3) is 0 Å². The molecule has 0 atom stereocenters. The van der Waals surface area contributed by atoms with Gasteiger partial charge >= 0.3 is 6.18 Å². The van der Waals surface area contributed by atoms with Gasteiger partial charge in [0.1, 0.15) is 5.82 Å². The molecule has 0 spiro atoms. The third kappa shape index (κ3) is 5.46. The highest BCUT2D eigenvalue weighted by atomic mass is 32.2. The quantitative estimate of drug-likeness (QED) is 0.599. The van der Waals surface area contributed by atoms with Crippen LogP contribution >= 0.6 is 11.8 Å². The molecular formula is C13H12F4OS. The molecule has 1 nitrogen and oxygen atoms in total. The Labute approximate surface area is 112 Å². The zero-order valence-electron chi connectivity index (χ0n) is 10.1. The van der Waals surface area contributed by atoms with E-state index >= 15 is 0 Å². The van der Waals surface area contributed by atoms with Gasteiger partial charge in [-0.3, -0.25) is 4.79 Å². The van der Waals surface area contributed by atoms with E-state index in [1.165, 1.54) is 19.1 Å². The van der Waals surface area contributed by atoms with Gasteiger partial charge in [0.2, 0.25) is 0 Å². The van der Waals surface area contributed by atoms with Gasteiger partial charge in [-0.2, -0.15) is 13.2 Å². The first-order chi connectivity index (χ1) is 8.80. The Morgan fingerprint density at radius 1 is 1.37 bits per heavy atom. The topological polar surface area (TPSA) is 17.1 Å². The second-order valence-corrected chi connectivity index (χ2v) is 5.04. The van der Waals surface area contributed by atoms with E-state index in [0.717, 1.165) is 23.9 Å². The summed E-state index contributed by atoms with van der Waals surface area (Å²) in [7, 11) is 0. The highest BCUT2D eigenvalue weighted by Gasteiger charge is 2.33. The van der Waals surface area contributed by atoms with Crippen molar-refractivity contribution in [2.75, 3.05) is 5.75 Å². The number of carbonyl (C=O) groups excluding carboxylic acids is 1. The maximum absolute atomic E-state index is 13.0. The number of thioether (sulfide) groups is 1. The van der Waals surface area contributed by atoms with E-state index in [9.17, 15) is 22.4 Å². The Bertz CT molecular complexity index is 480. The van der Waals surface area contributed by atoms with Crippen molar-refractivity contribution in [2.24, 2.45) is 0 Å². The lowest BCUT2D eigenvalue weighted by molar-refractivity contribution is -0.140. The number of carbonyl (C=O) groups is 1. The molecular weight excluding hydrogens is 280 g/mol. The Balaban J connectivity index is 2.70. The molecule has 104 valence electrons. The summed E-state index contributed by atoms with van der Waals surface area (Å²) in [5.41, 5.74) is -0.991. The first kappa shape index (κ1) is 15.8. The van der Waals surface area contributed by atoms with Crippen LogP contribution < -0.4 is 0 Å². The number of rotatable bonds is 4. The van der Waals surface area contributed by atoms with Crippen LogP contribution in [0.5, 0.6) is 0 Å². The van der Waals surface area contributed by atoms with Crippen LogP contribution in [0.3, 0.4) is 0 Å². The molecule has 6 heteroatoms. The standard InChI is InChI=1S/C13H12F4OS/c1-9(18)19-7-3-2-4-10-5-6-12(14)11(8-10)13(15,16)17/h2,4-6,8H,3,7H2,1H3. The molecule has 0 N–H and O–H groups in total. The molecule has 0 unspecified atom stereocenters. The minimum Gasteiger partial charge on any atom is -0.288 e. The monoisotopic (exact) mass is 292 g/mol. The van der Waals surface area contributed by atoms with E-state index in [4.69, 9.17) is 0 Å². The molecule has 0 radical (unpaired) electrons. The molecule has 0 saturated carbocycles. The molecule has 0 amide bonds. The van der Waals surface area contributed by atoms with Crippen molar-refractivity contribution in [1.82, 2.24) is 0 Å². The molecule has 0 saturated heterocycles. The van der Waals surface area contributed by atoms with Gasteiger partial charge in [0, 0.05) is 12.7 Å². The second-order valence-electron chi connectivity index (χ2n) is 3.77. The van der Waals surface area contributed by atoms with Crippen LogP contribution in [0.4, 0.5) is 17.6 Å². The van der Waals surface area contributed by atoms with Crippen LogP contribution in [-0.2, 0) is 11.0 Å². The lowest BCUT2D eigenvalue weighted by atomic mass is 10.1. The summed E-state index contributed by atoms with van der Waals surface area (Å²) in [4.78, 5) is 10.6. The minimum atomic E-state index is -4.70. The third-order valence-corrected chi connectivity index (χ3v) is 3.04. The molecule has 0 bridgehead atoms. The van der Waals surface area contributed by atoms with E-state index in [0.29, 0.717) is 12.2 Å². The lowest BCUT2D eigenvalue weighted by Gasteiger charge is -2.08. The highest BCUT2D eigenvalue weighted by molar-refractivity contribution is 8.13. The predicted octanol–water partition coefficient (Wildman–Crippen LogP) is 4.53. The van der Waals surface area contributed by atoms with Gasteiger partial charge in [-0.15, -0.1) is 0 Å². The number of alkyl halides is 3. The largest absolute Gasteiger partial charge is 0.419 e. The molecule has 1 aromatic rings. The van der Waals surface area contributed by atoms with E-state index in [-0.39, 0.29) is 10.7 Å². The number of halogens is 4. The predicted molar refractivity (Wildman–Crippen MR) is 68.2 cm³/mol. The second kappa shape index (κ2) is 6.75. The van der Waals surface area contributed by atoms with Gasteiger partial charge in [-0.25, -0.2) is 4.39 Å². The minimum absolute atomic E-state index is 0.00506.